The summed E-state index contributed by atoms with van der Waals surface area (Å²) in [6.45, 7) is 1.86. The number of carbonyl (C=O) groups excluding carboxylic acids is 1. The van der Waals surface area contributed by atoms with E-state index in [1.165, 1.54) is 16.5 Å². The quantitative estimate of drug-likeness (QED) is 0.677. The Labute approximate surface area is 155 Å². The predicted molar refractivity (Wildman–Crippen MR) is 106 cm³/mol. The Morgan fingerprint density at radius 3 is 2.54 bits per heavy atom. The second-order valence-corrected chi connectivity index (χ2v) is 7.30. The van der Waals surface area contributed by atoms with Crippen LogP contribution in [0.4, 0.5) is 0 Å². The smallest absolute Gasteiger partial charge is 0.223 e. The minimum atomic E-state index is 0.249. The van der Waals surface area contributed by atoms with E-state index in [9.17, 15) is 4.79 Å². The van der Waals surface area contributed by atoms with Crippen LogP contribution in [0.3, 0.4) is 0 Å². The lowest BCUT2D eigenvalue weighted by atomic mass is 9.89. The number of aromatic amines is 1. The first-order valence-corrected chi connectivity index (χ1v) is 9.69. The maximum atomic E-state index is 12.8. The maximum absolute atomic E-state index is 12.8. The number of para-hydroxylation sites is 1. The predicted octanol–water partition coefficient (Wildman–Crippen LogP) is 4.90. The van der Waals surface area contributed by atoms with Gasteiger partial charge in [-0.25, -0.2) is 0 Å². The second-order valence-electron chi connectivity index (χ2n) is 7.30. The van der Waals surface area contributed by atoms with Gasteiger partial charge in [-0.15, -0.1) is 0 Å². The molecule has 1 aliphatic heterocycles. The molecule has 0 unspecified atom stereocenters. The summed E-state index contributed by atoms with van der Waals surface area (Å²) in [5.41, 5.74) is 3.77. The van der Waals surface area contributed by atoms with E-state index in [0.717, 1.165) is 44.3 Å². The van der Waals surface area contributed by atoms with Crippen molar-refractivity contribution in [2.45, 2.75) is 38.0 Å². The van der Waals surface area contributed by atoms with Gasteiger partial charge >= 0.3 is 0 Å². The molecule has 0 spiro atoms. The van der Waals surface area contributed by atoms with Crippen LogP contribution in [0.2, 0.25) is 0 Å². The van der Waals surface area contributed by atoms with Gasteiger partial charge in [-0.05, 0) is 48.8 Å². The van der Waals surface area contributed by atoms with E-state index < -0.39 is 0 Å². The molecule has 0 bridgehead atoms. The number of hydrogen-bond donors (Lipinski definition) is 1. The first kappa shape index (κ1) is 16.9. The zero-order valence-corrected chi connectivity index (χ0v) is 15.2. The Morgan fingerprint density at radius 1 is 1.00 bits per heavy atom. The van der Waals surface area contributed by atoms with Crippen molar-refractivity contribution < 1.29 is 4.79 Å². The monoisotopic (exact) mass is 346 g/mol. The summed E-state index contributed by atoms with van der Waals surface area (Å²) in [5, 5.41) is 1.25. The highest BCUT2D eigenvalue weighted by Gasteiger charge is 2.24. The van der Waals surface area contributed by atoms with Crippen molar-refractivity contribution in [1.82, 2.24) is 9.88 Å². The Morgan fingerprint density at radius 2 is 1.73 bits per heavy atom. The van der Waals surface area contributed by atoms with Crippen LogP contribution in [0, 0.1) is 0 Å². The number of H-pyrrole nitrogens is 1. The second kappa shape index (κ2) is 7.77. The van der Waals surface area contributed by atoms with Crippen molar-refractivity contribution in [1.29, 1.82) is 0 Å². The Bertz CT molecular complexity index is 862. The number of hydrogen-bond acceptors (Lipinski definition) is 1. The third-order valence-corrected chi connectivity index (χ3v) is 5.57. The average Bonchev–Trinajstić information content (AvgIpc) is 3.36. The molecule has 0 aliphatic carbocycles. The molecule has 1 N–H and O–H groups in total. The van der Waals surface area contributed by atoms with Crippen LogP contribution in [0.1, 0.15) is 42.7 Å². The first-order valence-electron chi connectivity index (χ1n) is 9.69. The van der Waals surface area contributed by atoms with Gasteiger partial charge in [0.2, 0.25) is 5.91 Å². The minimum Gasteiger partial charge on any atom is -0.361 e. The molecule has 3 heteroatoms. The number of nitrogens with zero attached hydrogens (tertiary/aromatic N) is 1. The molecule has 4 rings (SSSR count). The van der Waals surface area contributed by atoms with E-state index in [1.54, 1.807) is 0 Å². The summed E-state index contributed by atoms with van der Waals surface area (Å²) < 4.78 is 0. The average molecular weight is 346 g/mol. The Balaban J connectivity index is 1.56. The highest BCUT2D eigenvalue weighted by atomic mass is 16.2. The molecule has 1 aromatic heterocycles. The van der Waals surface area contributed by atoms with E-state index in [-0.39, 0.29) is 5.92 Å². The lowest BCUT2D eigenvalue weighted by Crippen LogP contribution is -2.29. The summed E-state index contributed by atoms with van der Waals surface area (Å²) in [7, 11) is 0. The number of benzene rings is 2. The molecule has 1 atom stereocenters. The van der Waals surface area contributed by atoms with E-state index in [2.05, 4.69) is 65.8 Å². The highest BCUT2D eigenvalue weighted by molar-refractivity contribution is 5.85. The van der Waals surface area contributed by atoms with Gasteiger partial charge in [-0.3, -0.25) is 4.79 Å². The van der Waals surface area contributed by atoms with Crippen molar-refractivity contribution in [2.24, 2.45) is 0 Å². The van der Waals surface area contributed by atoms with Crippen molar-refractivity contribution in [2.75, 3.05) is 13.1 Å². The molecule has 1 aliphatic rings. The minimum absolute atomic E-state index is 0.249. The van der Waals surface area contributed by atoms with E-state index >= 15 is 0 Å². The van der Waals surface area contributed by atoms with Crippen LogP contribution in [-0.2, 0) is 11.2 Å². The van der Waals surface area contributed by atoms with Gasteiger partial charge in [0.1, 0.15) is 0 Å². The van der Waals surface area contributed by atoms with Crippen molar-refractivity contribution in [3.8, 4) is 0 Å². The normalized spacial score (nSPS) is 15.5. The van der Waals surface area contributed by atoms with Crippen molar-refractivity contribution in [3.63, 3.8) is 0 Å². The molecule has 2 aromatic carbocycles. The molecule has 26 heavy (non-hydrogen) atoms. The number of carbonyl (C=O) groups is 1. The molecule has 3 nitrogen and oxygen atoms in total. The Kier molecular flexibility index (Phi) is 5.05. The number of likely N-dealkylation sites (tertiary alicyclic amines) is 1. The van der Waals surface area contributed by atoms with Crippen LogP contribution < -0.4 is 0 Å². The fraction of sp³-hybridized carbons (Fsp3) is 0.348. The van der Waals surface area contributed by atoms with Gasteiger partial charge in [0, 0.05) is 36.6 Å². The molecule has 2 heterocycles. The number of aromatic nitrogens is 1. The number of aryl methyl sites for hydroxylation is 1. The highest BCUT2D eigenvalue weighted by Crippen LogP contribution is 2.32. The molecular weight excluding hydrogens is 320 g/mol. The summed E-state index contributed by atoms with van der Waals surface area (Å²) in [4.78, 5) is 18.2. The van der Waals surface area contributed by atoms with Gasteiger partial charge in [-0.2, -0.15) is 0 Å². The van der Waals surface area contributed by atoms with Crippen molar-refractivity contribution in [3.05, 3.63) is 71.9 Å². The van der Waals surface area contributed by atoms with Crippen LogP contribution in [0.15, 0.2) is 60.8 Å². The number of rotatable bonds is 6. The van der Waals surface area contributed by atoms with E-state index in [4.69, 9.17) is 0 Å². The summed E-state index contributed by atoms with van der Waals surface area (Å²) in [6, 6.07) is 19.0. The largest absolute Gasteiger partial charge is 0.361 e. The number of amides is 1. The fourth-order valence-electron chi connectivity index (χ4n) is 4.09. The van der Waals surface area contributed by atoms with Crippen LogP contribution >= 0.6 is 0 Å². The summed E-state index contributed by atoms with van der Waals surface area (Å²) in [6.07, 6.45) is 7.00. The van der Waals surface area contributed by atoms with Crippen LogP contribution in [0.5, 0.6) is 0 Å². The molecule has 1 fully saturated rings. The molecule has 0 radical (unpaired) electrons. The van der Waals surface area contributed by atoms with Gasteiger partial charge in [0.25, 0.3) is 0 Å². The molecule has 0 saturated carbocycles. The van der Waals surface area contributed by atoms with Crippen molar-refractivity contribution >= 4 is 16.8 Å². The van der Waals surface area contributed by atoms with Crippen LogP contribution in [0.25, 0.3) is 10.9 Å². The van der Waals surface area contributed by atoms with E-state index in [1.807, 2.05) is 4.90 Å². The lowest BCUT2D eigenvalue weighted by molar-refractivity contribution is -0.130. The topological polar surface area (TPSA) is 36.1 Å². The number of nitrogens with one attached hydrogen (secondary N) is 1. The zero-order valence-electron chi connectivity index (χ0n) is 15.2. The standard InChI is InChI=1S/C23H26N2O/c26-23(25-14-6-7-15-25)16-19(13-12-18-8-2-1-3-9-18)21-17-24-22-11-5-4-10-20(21)22/h1-5,8-11,17,19,24H,6-7,12-16H2/t19-/m0/s1. The third-order valence-electron chi connectivity index (χ3n) is 5.57. The fourth-order valence-corrected chi connectivity index (χ4v) is 4.09. The number of fused-ring (bicyclic) bond motifs is 1. The zero-order chi connectivity index (χ0) is 17.8. The first-order chi connectivity index (χ1) is 12.8. The Hall–Kier alpha value is -2.55. The summed E-state index contributed by atoms with van der Waals surface area (Å²) >= 11 is 0. The summed E-state index contributed by atoms with van der Waals surface area (Å²) in [5.74, 6) is 0.560. The molecule has 1 saturated heterocycles. The molecule has 1 amide bonds. The van der Waals surface area contributed by atoms with Gasteiger partial charge < -0.3 is 9.88 Å². The third kappa shape index (κ3) is 3.67. The van der Waals surface area contributed by atoms with Gasteiger partial charge in [0.05, 0.1) is 0 Å². The lowest BCUT2D eigenvalue weighted by Gasteiger charge is -2.21. The van der Waals surface area contributed by atoms with Crippen LogP contribution in [-0.4, -0.2) is 28.9 Å². The van der Waals surface area contributed by atoms with Gasteiger partial charge in [-0.1, -0.05) is 48.5 Å². The molecule has 134 valence electrons. The van der Waals surface area contributed by atoms with E-state index in [0.29, 0.717) is 12.3 Å². The maximum Gasteiger partial charge on any atom is 0.223 e. The molecular formula is C23H26N2O. The SMILES string of the molecule is O=C(C[C@H](CCc1ccccc1)c1c[nH]c2ccccc12)N1CCCC1. The molecule has 3 aromatic rings. The van der Waals surface area contributed by atoms with Gasteiger partial charge in [0.15, 0.2) is 0 Å².